The second-order valence-corrected chi connectivity index (χ2v) is 4.35. The van der Waals surface area contributed by atoms with Crippen LogP contribution in [0.5, 0.6) is 5.75 Å². The summed E-state index contributed by atoms with van der Waals surface area (Å²) in [6, 6.07) is 18.4. The highest BCUT2D eigenvalue weighted by Gasteiger charge is 2.05. The molecule has 0 aromatic heterocycles. The molecule has 3 heteroatoms. The van der Waals surface area contributed by atoms with Gasteiger partial charge in [0.2, 0.25) is 0 Å². The first-order valence-electron chi connectivity index (χ1n) is 6.51. The molecule has 20 heavy (non-hydrogen) atoms. The van der Waals surface area contributed by atoms with E-state index in [9.17, 15) is 4.79 Å². The van der Waals surface area contributed by atoms with Crippen molar-refractivity contribution in [2.75, 3.05) is 6.61 Å². The number of carbonyl (C=O) groups is 1. The quantitative estimate of drug-likeness (QED) is 0.592. The normalized spacial score (nSPS) is 9.75. The highest BCUT2D eigenvalue weighted by Crippen LogP contribution is 2.17. The van der Waals surface area contributed by atoms with Crippen LogP contribution >= 0.6 is 0 Å². The van der Waals surface area contributed by atoms with Gasteiger partial charge >= 0.3 is 0 Å². The molecule has 0 atom stereocenters. The molecule has 0 aliphatic rings. The minimum atomic E-state index is 0.114. The van der Waals surface area contributed by atoms with Crippen LogP contribution in [0.4, 0.5) is 0 Å². The van der Waals surface area contributed by atoms with Gasteiger partial charge in [0.1, 0.15) is 11.8 Å². The van der Waals surface area contributed by atoms with Crippen LogP contribution in [0.1, 0.15) is 28.8 Å². The lowest BCUT2D eigenvalue weighted by Gasteiger charge is -2.07. The van der Waals surface area contributed by atoms with Gasteiger partial charge in [0, 0.05) is 12.0 Å². The van der Waals surface area contributed by atoms with Gasteiger partial charge in [-0.2, -0.15) is 5.26 Å². The highest BCUT2D eigenvalue weighted by molar-refractivity contribution is 5.95. The summed E-state index contributed by atoms with van der Waals surface area (Å²) < 4.78 is 5.54. The third kappa shape index (κ3) is 3.69. The van der Waals surface area contributed by atoms with Crippen molar-refractivity contribution in [2.24, 2.45) is 0 Å². The average Bonchev–Trinajstić information content (AvgIpc) is 2.52. The SMILES string of the molecule is N#Cc1ccccc1OCCCC(=O)c1ccccc1. The second kappa shape index (κ2) is 7.10. The van der Waals surface area contributed by atoms with E-state index in [0.29, 0.717) is 30.8 Å². The summed E-state index contributed by atoms with van der Waals surface area (Å²) in [7, 11) is 0. The van der Waals surface area contributed by atoms with E-state index in [0.717, 1.165) is 5.56 Å². The van der Waals surface area contributed by atoms with Crippen LogP contribution < -0.4 is 4.74 Å². The number of hydrogen-bond acceptors (Lipinski definition) is 3. The molecular weight excluding hydrogens is 250 g/mol. The third-order valence-electron chi connectivity index (χ3n) is 2.91. The smallest absolute Gasteiger partial charge is 0.163 e. The molecule has 0 aliphatic carbocycles. The van der Waals surface area contributed by atoms with Crippen LogP contribution in [-0.4, -0.2) is 12.4 Å². The standard InChI is InChI=1S/C17H15NO2/c18-13-15-9-4-5-11-17(15)20-12-6-10-16(19)14-7-2-1-3-8-14/h1-5,7-9,11H,6,10,12H2. The van der Waals surface area contributed by atoms with Gasteiger partial charge in [0.15, 0.2) is 5.78 Å². The zero-order valence-electron chi connectivity index (χ0n) is 11.1. The Morgan fingerprint density at radius 2 is 1.75 bits per heavy atom. The molecule has 2 aromatic rings. The molecular formula is C17H15NO2. The first-order chi connectivity index (χ1) is 9.81. The van der Waals surface area contributed by atoms with Gasteiger partial charge in [-0.05, 0) is 18.6 Å². The summed E-state index contributed by atoms with van der Waals surface area (Å²) in [5.74, 6) is 0.685. The van der Waals surface area contributed by atoms with Crippen molar-refractivity contribution in [3.05, 3.63) is 65.7 Å². The molecule has 0 aliphatic heterocycles. The molecule has 0 heterocycles. The number of ketones is 1. The summed E-state index contributed by atoms with van der Waals surface area (Å²) in [4.78, 5) is 11.9. The van der Waals surface area contributed by atoms with Crippen LogP contribution in [-0.2, 0) is 0 Å². The van der Waals surface area contributed by atoms with Crippen molar-refractivity contribution in [2.45, 2.75) is 12.8 Å². The van der Waals surface area contributed by atoms with Gasteiger partial charge in [-0.1, -0.05) is 42.5 Å². The summed E-state index contributed by atoms with van der Waals surface area (Å²) in [6.45, 7) is 0.428. The fourth-order valence-electron chi connectivity index (χ4n) is 1.87. The number of Topliss-reactive ketones (excluding diaryl/α,β-unsaturated/α-hetero) is 1. The van der Waals surface area contributed by atoms with Crippen molar-refractivity contribution in [3.8, 4) is 11.8 Å². The van der Waals surface area contributed by atoms with E-state index >= 15 is 0 Å². The summed E-state index contributed by atoms with van der Waals surface area (Å²) >= 11 is 0. The minimum absolute atomic E-state index is 0.114. The van der Waals surface area contributed by atoms with E-state index < -0.39 is 0 Å². The molecule has 0 fully saturated rings. The van der Waals surface area contributed by atoms with Gasteiger partial charge in [0.25, 0.3) is 0 Å². The molecule has 0 saturated carbocycles. The zero-order chi connectivity index (χ0) is 14.2. The van der Waals surface area contributed by atoms with Crippen molar-refractivity contribution in [1.82, 2.24) is 0 Å². The zero-order valence-corrected chi connectivity index (χ0v) is 11.1. The number of para-hydroxylation sites is 1. The predicted molar refractivity (Wildman–Crippen MR) is 76.7 cm³/mol. The van der Waals surface area contributed by atoms with Gasteiger partial charge in [-0.3, -0.25) is 4.79 Å². The number of benzene rings is 2. The van der Waals surface area contributed by atoms with E-state index in [4.69, 9.17) is 10.00 Å². The monoisotopic (exact) mass is 265 g/mol. The number of nitriles is 1. The Bertz CT molecular complexity index is 614. The predicted octanol–water partition coefficient (Wildman–Crippen LogP) is 3.60. The summed E-state index contributed by atoms with van der Waals surface area (Å²) in [6.07, 6.45) is 1.08. The number of rotatable bonds is 6. The van der Waals surface area contributed by atoms with Crippen LogP contribution in [0.15, 0.2) is 54.6 Å². The highest BCUT2D eigenvalue weighted by atomic mass is 16.5. The summed E-state index contributed by atoms with van der Waals surface area (Å²) in [5.41, 5.74) is 1.24. The van der Waals surface area contributed by atoms with Crippen LogP contribution in [0, 0.1) is 11.3 Å². The molecule has 0 bridgehead atoms. The Morgan fingerprint density at radius 1 is 1.05 bits per heavy atom. The first kappa shape index (κ1) is 13.8. The van der Waals surface area contributed by atoms with Gasteiger partial charge in [0.05, 0.1) is 12.2 Å². The molecule has 0 spiro atoms. The molecule has 2 aromatic carbocycles. The lowest BCUT2D eigenvalue weighted by atomic mass is 10.1. The Balaban J connectivity index is 1.80. The Hall–Kier alpha value is -2.60. The van der Waals surface area contributed by atoms with E-state index in [1.165, 1.54) is 0 Å². The number of ether oxygens (including phenoxy) is 1. The number of carbonyl (C=O) groups excluding carboxylic acids is 1. The Labute approximate surface area is 118 Å². The molecule has 0 amide bonds. The van der Waals surface area contributed by atoms with E-state index in [2.05, 4.69) is 6.07 Å². The van der Waals surface area contributed by atoms with Crippen LogP contribution in [0.3, 0.4) is 0 Å². The average molecular weight is 265 g/mol. The lowest BCUT2D eigenvalue weighted by Crippen LogP contribution is -2.04. The van der Waals surface area contributed by atoms with Crippen molar-refractivity contribution in [3.63, 3.8) is 0 Å². The summed E-state index contributed by atoms with van der Waals surface area (Å²) in [5, 5.41) is 8.93. The maximum absolute atomic E-state index is 11.9. The van der Waals surface area contributed by atoms with E-state index in [1.807, 2.05) is 36.4 Å². The number of nitrogens with zero attached hydrogens (tertiary/aromatic N) is 1. The first-order valence-corrected chi connectivity index (χ1v) is 6.51. The molecule has 0 unspecified atom stereocenters. The number of hydrogen-bond donors (Lipinski definition) is 0. The largest absolute Gasteiger partial charge is 0.492 e. The molecule has 0 saturated heterocycles. The van der Waals surface area contributed by atoms with Crippen LogP contribution in [0.25, 0.3) is 0 Å². The third-order valence-corrected chi connectivity index (χ3v) is 2.91. The Kier molecular flexibility index (Phi) is 4.91. The molecule has 0 N–H and O–H groups in total. The molecule has 100 valence electrons. The van der Waals surface area contributed by atoms with Gasteiger partial charge < -0.3 is 4.74 Å². The maximum Gasteiger partial charge on any atom is 0.163 e. The fraction of sp³-hybridized carbons (Fsp3) is 0.176. The van der Waals surface area contributed by atoms with Crippen molar-refractivity contribution < 1.29 is 9.53 Å². The molecule has 2 rings (SSSR count). The van der Waals surface area contributed by atoms with Gasteiger partial charge in [-0.25, -0.2) is 0 Å². The molecule has 3 nitrogen and oxygen atoms in total. The van der Waals surface area contributed by atoms with Gasteiger partial charge in [-0.15, -0.1) is 0 Å². The fourth-order valence-corrected chi connectivity index (χ4v) is 1.87. The van der Waals surface area contributed by atoms with Crippen LogP contribution in [0.2, 0.25) is 0 Å². The second-order valence-electron chi connectivity index (χ2n) is 4.35. The van der Waals surface area contributed by atoms with Crippen molar-refractivity contribution >= 4 is 5.78 Å². The molecule has 0 radical (unpaired) electrons. The van der Waals surface area contributed by atoms with E-state index in [-0.39, 0.29) is 5.78 Å². The minimum Gasteiger partial charge on any atom is -0.492 e. The topological polar surface area (TPSA) is 50.1 Å². The maximum atomic E-state index is 11.9. The van der Waals surface area contributed by atoms with E-state index in [1.54, 1.807) is 18.2 Å². The Morgan fingerprint density at radius 3 is 2.50 bits per heavy atom. The lowest BCUT2D eigenvalue weighted by molar-refractivity contribution is 0.0973. The van der Waals surface area contributed by atoms with Crippen molar-refractivity contribution in [1.29, 1.82) is 5.26 Å².